The largest absolute Gasteiger partial charge is 0.309 e. The van der Waals surface area contributed by atoms with Crippen molar-refractivity contribution >= 4 is 34.0 Å². The average Bonchev–Trinajstić information content (AvgIpc) is 3.18. The van der Waals surface area contributed by atoms with E-state index in [0.29, 0.717) is 5.13 Å². The number of halogens is 1. The number of aryl methyl sites for hydroxylation is 2. The van der Waals surface area contributed by atoms with Crippen molar-refractivity contribution in [3.05, 3.63) is 40.7 Å². The molecule has 1 N–H and O–H groups in total. The number of carbonyl (C=O) groups is 2. The molecule has 5 nitrogen and oxygen atoms in total. The van der Waals surface area contributed by atoms with Crippen LogP contribution in [0.3, 0.4) is 0 Å². The standard InChI is InChI=1S/C18H18FN3O2S/c19-12-5-1-3-7-14(12)22-10-11(9-16(22)23)17(24)21-18-20-13-6-2-4-8-15(13)25-18/h1,3,5,7,11H,2,4,6,8-10H2,(H,20,21,24). The summed E-state index contributed by atoms with van der Waals surface area (Å²) >= 11 is 1.52. The van der Waals surface area contributed by atoms with Crippen LogP contribution in [0.5, 0.6) is 0 Å². The summed E-state index contributed by atoms with van der Waals surface area (Å²) in [5.41, 5.74) is 1.31. The number of amides is 2. The molecule has 2 heterocycles. The summed E-state index contributed by atoms with van der Waals surface area (Å²) in [4.78, 5) is 31.8. The van der Waals surface area contributed by atoms with Gasteiger partial charge in [-0.1, -0.05) is 12.1 Å². The van der Waals surface area contributed by atoms with Gasteiger partial charge in [0.2, 0.25) is 11.8 Å². The zero-order valence-electron chi connectivity index (χ0n) is 13.6. The van der Waals surface area contributed by atoms with Crippen molar-refractivity contribution in [3.8, 4) is 0 Å². The maximum atomic E-state index is 13.9. The summed E-state index contributed by atoms with van der Waals surface area (Å²) < 4.78 is 13.9. The van der Waals surface area contributed by atoms with E-state index in [4.69, 9.17) is 0 Å². The molecule has 0 bridgehead atoms. The van der Waals surface area contributed by atoms with E-state index in [1.807, 2.05) is 0 Å². The summed E-state index contributed by atoms with van der Waals surface area (Å²) in [6.45, 7) is 0.191. The van der Waals surface area contributed by atoms with Crippen LogP contribution in [0.15, 0.2) is 24.3 Å². The van der Waals surface area contributed by atoms with Crippen LogP contribution in [0.1, 0.15) is 29.8 Å². The Morgan fingerprint density at radius 3 is 2.88 bits per heavy atom. The Kier molecular flexibility index (Phi) is 4.25. The van der Waals surface area contributed by atoms with E-state index in [0.717, 1.165) is 31.4 Å². The van der Waals surface area contributed by atoms with Crippen molar-refractivity contribution in [2.24, 2.45) is 5.92 Å². The molecule has 2 amide bonds. The first-order valence-corrected chi connectivity index (χ1v) is 9.28. The number of anilines is 2. The average molecular weight is 359 g/mol. The molecule has 1 saturated heterocycles. The lowest BCUT2D eigenvalue weighted by atomic mass is 10.0. The third-order valence-electron chi connectivity index (χ3n) is 4.71. The molecule has 2 aliphatic rings. The molecular formula is C18H18FN3O2S. The molecule has 1 aromatic carbocycles. The summed E-state index contributed by atoms with van der Waals surface area (Å²) in [5.74, 6) is -1.40. The second-order valence-electron chi connectivity index (χ2n) is 6.44. The van der Waals surface area contributed by atoms with Gasteiger partial charge in [0, 0.05) is 17.8 Å². The van der Waals surface area contributed by atoms with Gasteiger partial charge in [-0.15, -0.1) is 11.3 Å². The molecule has 1 fully saturated rings. The lowest BCUT2D eigenvalue weighted by Crippen LogP contribution is -2.28. The summed E-state index contributed by atoms with van der Waals surface area (Å²) in [6.07, 6.45) is 4.37. The van der Waals surface area contributed by atoms with E-state index >= 15 is 0 Å². The maximum Gasteiger partial charge on any atom is 0.231 e. The van der Waals surface area contributed by atoms with Gasteiger partial charge in [-0.25, -0.2) is 9.37 Å². The van der Waals surface area contributed by atoms with E-state index in [2.05, 4.69) is 10.3 Å². The number of para-hydroxylation sites is 1. The van der Waals surface area contributed by atoms with Crippen LogP contribution in [0.4, 0.5) is 15.2 Å². The minimum atomic E-state index is -0.493. The van der Waals surface area contributed by atoms with Crippen molar-refractivity contribution in [2.45, 2.75) is 32.1 Å². The van der Waals surface area contributed by atoms with E-state index in [1.54, 1.807) is 18.2 Å². The summed E-state index contributed by atoms with van der Waals surface area (Å²) in [5, 5.41) is 3.45. The number of nitrogens with zero attached hydrogens (tertiary/aromatic N) is 2. The van der Waals surface area contributed by atoms with Crippen LogP contribution >= 0.6 is 11.3 Å². The number of benzene rings is 1. The SMILES string of the molecule is O=C(Nc1nc2c(s1)CCCC2)C1CC(=O)N(c2ccccc2F)C1. The first-order chi connectivity index (χ1) is 12.1. The monoisotopic (exact) mass is 359 g/mol. The number of nitrogens with one attached hydrogen (secondary N) is 1. The van der Waals surface area contributed by atoms with E-state index < -0.39 is 11.7 Å². The fourth-order valence-corrected chi connectivity index (χ4v) is 4.45. The molecule has 1 atom stereocenters. The molecule has 0 saturated carbocycles. The van der Waals surface area contributed by atoms with Crippen LogP contribution in [-0.4, -0.2) is 23.3 Å². The molecule has 25 heavy (non-hydrogen) atoms. The minimum absolute atomic E-state index is 0.0885. The van der Waals surface area contributed by atoms with Crippen molar-refractivity contribution in [1.29, 1.82) is 0 Å². The normalized spacial score (nSPS) is 19.8. The Balaban J connectivity index is 1.46. The summed E-state index contributed by atoms with van der Waals surface area (Å²) in [7, 11) is 0. The minimum Gasteiger partial charge on any atom is -0.309 e. The Hall–Kier alpha value is -2.28. The predicted octanol–water partition coefficient (Wildman–Crippen LogP) is 3.15. The Labute approximate surface area is 148 Å². The van der Waals surface area contributed by atoms with Gasteiger partial charge in [-0.2, -0.15) is 0 Å². The highest BCUT2D eigenvalue weighted by Crippen LogP contribution is 2.31. The molecule has 7 heteroatoms. The van der Waals surface area contributed by atoms with Crippen molar-refractivity contribution < 1.29 is 14.0 Å². The Bertz CT molecular complexity index is 812. The fraction of sp³-hybridized carbons (Fsp3) is 0.389. The van der Waals surface area contributed by atoms with Crippen LogP contribution in [0, 0.1) is 11.7 Å². The first kappa shape index (κ1) is 16.2. The first-order valence-electron chi connectivity index (χ1n) is 8.46. The highest BCUT2D eigenvalue weighted by molar-refractivity contribution is 7.15. The topological polar surface area (TPSA) is 62.3 Å². The highest BCUT2D eigenvalue weighted by Gasteiger charge is 2.36. The zero-order chi connectivity index (χ0) is 17.4. The maximum absolute atomic E-state index is 13.9. The Morgan fingerprint density at radius 2 is 2.08 bits per heavy atom. The van der Waals surface area contributed by atoms with Crippen molar-refractivity contribution in [3.63, 3.8) is 0 Å². The molecule has 1 aromatic heterocycles. The fourth-order valence-electron chi connectivity index (χ4n) is 3.40. The Morgan fingerprint density at radius 1 is 1.28 bits per heavy atom. The van der Waals surface area contributed by atoms with Crippen LogP contribution in [0.2, 0.25) is 0 Å². The molecule has 0 spiro atoms. The zero-order valence-corrected chi connectivity index (χ0v) is 14.4. The number of rotatable bonds is 3. The molecule has 2 aromatic rings. The van der Waals surface area contributed by atoms with Crippen LogP contribution in [-0.2, 0) is 22.4 Å². The van der Waals surface area contributed by atoms with E-state index in [-0.39, 0.29) is 30.5 Å². The van der Waals surface area contributed by atoms with E-state index in [1.165, 1.54) is 27.2 Å². The van der Waals surface area contributed by atoms with Gasteiger partial charge in [0.1, 0.15) is 5.82 Å². The molecule has 1 unspecified atom stereocenters. The van der Waals surface area contributed by atoms with Crippen molar-refractivity contribution in [1.82, 2.24) is 4.98 Å². The predicted molar refractivity (Wildman–Crippen MR) is 94.2 cm³/mol. The third kappa shape index (κ3) is 3.16. The quantitative estimate of drug-likeness (QED) is 0.916. The van der Waals surface area contributed by atoms with Gasteiger partial charge >= 0.3 is 0 Å². The number of carbonyl (C=O) groups excluding carboxylic acids is 2. The number of hydrogen-bond acceptors (Lipinski definition) is 4. The second kappa shape index (κ2) is 6.55. The molecule has 130 valence electrons. The lowest BCUT2D eigenvalue weighted by Gasteiger charge is -2.17. The third-order valence-corrected chi connectivity index (χ3v) is 5.79. The number of thiazole rings is 1. The molecule has 1 aliphatic carbocycles. The number of hydrogen-bond donors (Lipinski definition) is 1. The van der Waals surface area contributed by atoms with Crippen LogP contribution < -0.4 is 10.2 Å². The van der Waals surface area contributed by atoms with Gasteiger partial charge in [-0.3, -0.25) is 9.59 Å². The van der Waals surface area contributed by atoms with Crippen LogP contribution in [0.25, 0.3) is 0 Å². The lowest BCUT2D eigenvalue weighted by molar-refractivity contribution is -0.122. The van der Waals surface area contributed by atoms with Gasteiger partial charge in [0.15, 0.2) is 5.13 Å². The van der Waals surface area contributed by atoms with Gasteiger partial charge < -0.3 is 10.2 Å². The molecular weight excluding hydrogens is 341 g/mol. The van der Waals surface area contributed by atoms with Gasteiger partial charge in [0.05, 0.1) is 17.3 Å². The van der Waals surface area contributed by atoms with Crippen molar-refractivity contribution in [2.75, 3.05) is 16.8 Å². The van der Waals surface area contributed by atoms with E-state index in [9.17, 15) is 14.0 Å². The van der Waals surface area contributed by atoms with Gasteiger partial charge in [0.25, 0.3) is 0 Å². The summed E-state index contributed by atoms with van der Waals surface area (Å²) in [6, 6.07) is 6.13. The number of fused-ring (bicyclic) bond motifs is 1. The smallest absolute Gasteiger partial charge is 0.231 e. The molecule has 1 aliphatic heterocycles. The highest BCUT2D eigenvalue weighted by atomic mass is 32.1. The second-order valence-corrected chi connectivity index (χ2v) is 7.53. The van der Waals surface area contributed by atoms with Gasteiger partial charge in [-0.05, 0) is 37.8 Å². The molecule has 0 radical (unpaired) electrons. The molecule has 4 rings (SSSR count). The number of aromatic nitrogens is 1.